The Kier molecular flexibility index (Phi) is 7.00. The van der Waals surface area contributed by atoms with Crippen LogP contribution in [-0.4, -0.2) is 48.4 Å². The van der Waals surface area contributed by atoms with Crippen LogP contribution < -0.4 is 5.32 Å². The second-order valence-electron chi connectivity index (χ2n) is 6.97. The standard InChI is InChI=1S/C20H24N4O3S/c1-14-5-4-8-24(12-14)13-16-7-3-6-15(9-16)11-21-23-20-22-19(26)17(28-20)10-18(25)27-2/h3,6-7,9-11,14H,4-5,8,12-13H2,1-2H3,(H,22,23,26)/b17-10+,21-11?. The summed E-state index contributed by atoms with van der Waals surface area (Å²) in [6.07, 6.45) is 5.37. The fourth-order valence-corrected chi connectivity index (χ4v) is 3.99. The molecule has 0 bridgehead atoms. The fraction of sp³-hybridized carbons (Fsp3) is 0.400. The summed E-state index contributed by atoms with van der Waals surface area (Å²) in [6.45, 7) is 5.53. The van der Waals surface area contributed by atoms with E-state index in [4.69, 9.17) is 0 Å². The summed E-state index contributed by atoms with van der Waals surface area (Å²) >= 11 is 1.05. The highest BCUT2D eigenvalue weighted by Crippen LogP contribution is 2.23. The fourth-order valence-electron chi connectivity index (χ4n) is 3.25. The highest BCUT2D eigenvalue weighted by atomic mass is 32.2. The van der Waals surface area contributed by atoms with Crippen LogP contribution in [0.4, 0.5) is 0 Å². The second-order valence-corrected chi connectivity index (χ2v) is 8.00. The lowest BCUT2D eigenvalue weighted by atomic mass is 9.99. The van der Waals surface area contributed by atoms with Crippen LogP contribution in [0.1, 0.15) is 30.9 Å². The van der Waals surface area contributed by atoms with E-state index >= 15 is 0 Å². The largest absolute Gasteiger partial charge is 0.466 e. The zero-order chi connectivity index (χ0) is 19.9. The first-order valence-corrected chi connectivity index (χ1v) is 10.1. The first-order chi connectivity index (χ1) is 13.5. The van der Waals surface area contributed by atoms with E-state index in [9.17, 15) is 9.59 Å². The van der Waals surface area contributed by atoms with E-state index in [1.54, 1.807) is 6.21 Å². The molecule has 0 spiro atoms. The minimum absolute atomic E-state index is 0.235. The van der Waals surface area contributed by atoms with Crippen molar-refractivity contribution in [1.82, 2.24) is 10.2 Å². The van der Waals surface area contributed by atoms with E-state index in [-0.39, 0.29) is 10.8 Å². The highest BCUT2D eigenvalue weighted by Gasteiger charge is 2.25. The first kappa shape index (κ1) is 20.3. The molecule has 1 N–H and O–H groups in total. The van der Waals surface area contributed by atoms with Crippen molar-refractivity contribution in [3.8, 4) is 0 Å². The molecule has 28 heavy (non-hydrogen) atoms. The molecule has 0 radical (unpaired) electrons. The van der Waals surface area contributed by atoms with Crippen molar-refractivity contribution in [1.29, 1.82) is 0 Å². The molecule has 0 saturated carbocycles. The van der Waals surface area contributed by atoms with Crippen LogP contribution in [-0.2, 0) is 20.9 Å². The third kappa shape index (κ3) is 5.77. The van der Waals surface area contributed by atoms with Gasteiger partial charge in [-0.2, -0.15) is 5.10 Å². The number of nitrogens with one attached hydrogen (secondary N) is 1. The summed E-state index contributed by atoms with van der Waals surface area (Å²) < 4.78 is 4.52. The Morgan fingerprint density at radius 2 is 2.32 bits per heavy atom. The molecular formula is C20H24N4O3S. The van der Waals surface area contributed by atoms with E-state index in [0.29, 0.717) is 5.17 Å². The lowest BCUT2D eigenvalue weighted by molar-refractivity contribution is -0.135. The smallest absolute Gasteiger partial charge is 0.331 e. The number of ether oxygens (including phenoxy) is 1. The number of thioether (sulfide) groups is 1. The van der Waals surface area contributed by atoms with E-state index in [2.05, 4.69) is 44.2 Å². The van der Waals surface area contributed by atoms with E-state index in [1.165, 1.54) is 25.5 Å². The molecule has 1 amide bonds. The number of carbonyl (C=O) groups excluding carboxylic acids is 2. The van der Waals surface area contributed by atoms with E-state index in [0.717, 1.165) is 49.0 Å². The molecule has 8 heteroatoms. The number of methoxy groups -OCH3 is 1. The summed E-state index contributed by atoms with van der Waals surface area (Å²) in [5.74, 6) is -0.212. The molecule has 2 aliphatic rings. The Labute approximate surface area is 168 Å². The molecule has 2 fully saturated rings. The van der Waals surface area contributed by atoms with Gasteiger partial charge in [-0.05, 0) is 54.3 Å². The molecule has 1 unspecified atom stereocenters. The summed E-state index contributed by atoms with van der Waals surface area (Å²) in [7, 11) is 1.26. The van der Waals surface area contributed by atoms with Crippen LogP contribution >= 0.6 is 11.8 Å². The van der Waals surface area contributed by atoms with Gasteiger partial charge in [0.1, 0.15) is 0 Å². The molecule has 3 rings (SSSR count). The summed E-state index contributed by atoms with van der Waals surface area (Å²) in [5.41, 5.74) is 2.20. The van der Waals surface area contributed by atoms with Gasteiger partial charge in [0, 0.05) is 19.2 Å². The Morgan fingerprint density at radius 1 is 1.46 bits per heavy atom. The SMILES string of the molecule is COC(=O)/C=C1/S/C(=N\N=Cc2cccc(CN3CCCC(C)C3)c2)NC1=O. The number of hydrogen-bond donors (Lipinski definition) is 1. The van der Waals surface area contributed by atoms with Crippen LogP contribution in [0.2, 0.25) is 0 Å². The first-order valence-electron chi connectivity index (χ1n) is 9.24. The number of nitrogens with zero attached hydrogens (tertiary/aromatic N) is 3. The van der Waals surface area contributed by atoms with E-state index < -0.39 is 5.97 Å². The number of amides is 1. The third-order valence-electron chi connectivity index (χ3n) is 4.55. The maximum Gasteiger partial charge on any atom is 0.331 e. The molecule has 2 heterocycles. The van der Waals surface area contributed by atoms with Crippen LogP contribution in [0.5, 0.6) is 0 Å². The van der Waals surface area contributed by atoms with Crippen LogP contribution in [0.25, 0.3) is 0 Å². The Morgan fingerprint density at radius 3 is 3.11 bits per heavy atom. The minimum atomic E-state index is -0.581. The van der Waals surface area contributed by atoms with Gasteiger partial charge >= 0.3 is 5.97 Å². The average molecular weight is 401 g/mol. The predicted molar refractivity (Wildman–Crippen MR) is 111 cm³/mol. The maximum atomic E-state index is 11.8. The number of benzene rings is 1. The monoisotopic (exact) mass is 400 g/mol. The van der Waals surface area contributed by atoms with Crippen molar-refractivity contribution in [2.75, 3.05) is 20.2 Å². The quantitative estimate of drug-likeness (QED) is 0.355. The zero-order valence-electron chi connectivity index (χ0n) is 16.1. The number of carbonyl (C=O) groups is 2. The van der Waals surface area contributed by atoms with Gasteiger partial charge in [-0.3, -0.25) is 15.0 Å². The molecule has 148 valence electrons. The number of hydrogen-bond acceptors (Lipinski definition) is 7. The molecule has 2 aliphatic heterocycles. The number of amidine groups is 1. The van der Waals surface area contributed by atoms with Gasteiger partial charge in [-0.25, -0.2) is 4.79 Å². The average Bonchev–Trinajstić information content (AvgIpc) is 3.01. The van der Waals surface area contributed by atoms with Crippen molar-refractivity contribution in [3.63, 3.8) is 0 Å². The molecule has 0 aromatic heterocycles. The maximum absolute atomic E-state index is 11.8. The lowest BCUT2D eigenvalue weighted by Crippen LogP contribution is -2.33. The third-order valence-corrected chi connectivity index (χ3v) is 5.45. The van der Waals surface area contributed by atoms with Gasteiger partial charge in [-0.1, -0.05) is 25.1 Å². The number of esters is 1. The van der Waals surface area contributed by atoms with Gasteiger partial charge in [0.25, 0.3) is 5.91 Å². The molecule has 1 aromatic rings. The Balaban J connectivity index is 1.60. The number of rotatable bonds is 5. The zero-order valence-corrected chi connectivity index (χ0v) is 16.9. The lowest BCUT2D eigenvalue weighted by Gasteiger charge is -2.30. The Hall–Kier alpha value is -2.45. The molecular weight excluding hydrogens is 376 g/mol. The van der Waals surface area contributed by atoms with Gasteiger partial charge in [0.2, 0.25) is 0 Å². The Bertz CT molecular complexity index is 834. The normalized spacial score (nSPS) is 23.5. The van der Waals surface area contributed by atoms with Crippen molar-refractivity contribution in [2.24, 2.45) is 16.1 Å². The number of likely N-dealkylation sites (tertiary alicyclic amines) is 1. The van der Waals surface area contributed by atoms with Gasteiger partial charge < -0.3 is 4.74 Å². The van der Waals surface area contributed by atoms with Crippen molar-refractivity contribution in [3.05, 3.63) is 46.4 Å². The predicted octanol–water partition coefficient (Wildman–Crippen LogP) is 2.53. The highest BCUT2D eigenvalue weighted by molar-refractivity contribution is 8.18. The van der Waals surface area contributed by atoms with Crippen molar-refractivity contribution >= 4 is 35.0 Å². The molecule has 1 aromatic carbocycles. The van der Waals surface area contributed by atoms with E-state index in [1.807, 2.05) is 12.1 Å². The minimum Gasteiger partial charge on any atom is -0.466 e. The molecule has 0 aliphatic carbocycles. The summed E-state index contributed by atoms with van der Waals surface area (Å²) in [6, 6.07) is 8.21. The van der Waals surface area contributed by atoms with Gasteiger partial charge in [0.15, 0.2) is 5.17 Å². The van der Waals surface area contributed by atoms with Crippen molar-refractivity contribution in [2.45, 2.75) is 26.3 Å². The van der Waals surface area contributed by atoms with Gasteiger partial charge in [0.05, 0.1) is 18.2 Å². The van der Waals surface area contributed by atoms with Crippen LogP contribution in [0.15, 0.2) is 45.4 Å². The number of piperidine rings is 1. The second kappa shape index (κ2) is 9.66. The van der Waals surface area contributed by atoms with Gasteiger partial charge in [-0.15, -0.1) is 5.10 Å². The summed E-state index contributed by atoms with van der Waals surface area (Å²) in [5, 5.41) is 11.0. The van der Waals surface area contributed by atoms with Crippen molar-refractivity contribution < 1.29 is 14.3 Å². The van der Waals surface area contributed by atoms with Crippen LogP contribution in [0.3, 0.4) is 0 Å². The summed E-state index contributed by atoms with van der Waals surface area (Å²) in [4.78, 5) is 25.8. The molecule has 1 atom stereocenters. The molecule has 2 saturated heterocycles. The topological polar surface area (TPSA) is 83.4 Å². The molecule has 7 nitrogen and oxygen atoms in total. The van der Waals surface area contributed by atoms with Crippen LogP contribution in [0, 0.1) is 5.92 Å².